The van der Waals surface area contributed by atoms with Gasteiger partial charge in [0.15, 0.2) is 17.0 Å². The van der Waals surface area contributed by atoms with Gasteiger partial charge in [-0.1, -0.05) is 18.6 Å². The van der Waals surface area contributed by atoms with Crippen LogP contribution in [0.25, 0.3) is 16.9 Å². The normalized spacial score (nSPS) is 14.3. The summed E-state index contributed by atoms with van der Waals surface area (Å²) in [6.45, 7) is 7.52. The predicted molar refractivity (Wildman–Crippen MR) is 114 cm³/mol. The first-order chi connectivity index (χ1) is 14.7. The zero-order chi connectivity index (χ0) is 20.9. The van der Waals surface area contributed by atoms with E-state index >= 15 is 0 Å². The van der Waals surface area contributed by atoms with Crippen molar-refractivity contribution < 1.29 is 9.53 Å². The van der Waals surface area contributed by atoms with Crippen LogP contribution in [0.2, 0.25) is 0 Å². The highest BCUT2D eigenvalue weighted by Crippen LogP contribution is 2.24. The molecule has 0 bridgehead atoms. The van der Waals surface area contributed by atoms with Crippen LogP contribution in [0.3, 0.4) is 0 Å². The van der Waals surface area contributed by atoms with E-state index in [4.69, 9.17) is 4.74 Å². The average molecular weight is 409 g/mol. The molecular formula is C21H27N7O2. The maximum atomic E-state index is 12.3. The van der Waals surface area contributed by atoms with Crippen molar-refractivity contribution in [1.29, 1.82) is 0 Å². The summed E-state index contributed by atoms with van der Waals surface area (Å²) >= 11 is 0. The number of amides is 1. The molecule has 0 unspecified atom stereocenters. The summed E-state index contributed by atoms with van der Waals surface area (Å²) in [7, 11) is 0. The topological polar surface area (TPSA) is 89.3 Å². The minimum absolute atomic E-state index is 0.241. The molecule has 9 heteroatoms. The summed E-state index contributed by atoms with van der Waals surface area (Å²) in [5.41, 5.74) is 2.18. The second-order valence-electron chi connectivity index (χ2n) is 7.27. The van der Waals surface area contributed by atoms with Crippen LogP contribution in [0, 0.1) is 0 Å². The number of hydrogen-bond acceptors (Lipinski definition) is 7. The molecule has 1 aliphatic heterocycles. The number of unbranched alkanes of at least 4 members (excludes halogenated alkanes) is 1. The molecular weight excluding hydrogens is 382 g/mol. The summed E-state index contributed by atoms with van der Waals surface area (Å²) in [6, 6.07) is 7.68. The zero-order valence-electron chi connectivity index (χ0n) is 17.5. The molecule has 3 heterocycles. The number of anilines is 1. The van der Waals surface area contributed by atoms with Crippen LogP contribution < -0.4 is 9.64 Å². The van der Waals surface area contributed by atoms with Crippen molar-refractivity contribution in [3.05, 3.63) is 30.6 Å². The van der Waals surface area contributed by atoms with Crippen LogP contribution in [0.15, 0.2) is 30.6 Å². The van der Waals surface area contributed by atoms with E-state index in [1.165, 1.54) is 0 Å². The van der Waals surface area contributed by atoms with Crippen LogP contribution in [-0.2, 0) is 4.79 Å². The first-order valence-corrected chi connectivity index (χ1v) is 10.5. The van der Waals surface area contributed by atoms with Gasteiger partial charge in [-0.3, -0.25) is 4.79 Å². The third-order valence-corrected chi connectivity index (χ3v) is 5.29. The van der Waals surface area contributed by atoms with Crippen LogP contribution in [0.5, 0.6) is 5.75 Å². The fourth-order valence-electron chi connectivity index (χ4n) is 3.65. The van der Waals surface area contributed by atoms with E-state index in [2.05, 4.69) is 32.1 Å². The highest BCUT2D eigenvalue weighted by molar-refractivity contribution is 5.84. The Morgan fingerprint density at radius 2 is 1.83 bits per heavy atom. The Balaban J connectivity index is 1.52. The lowest BCUT2D eigenvalue weighted by Gasteiger charge is -2.35. The number of carbonyl (C=O) groups excluding carboxylic acids is 1. The molecule has 3 aromatic rings. The monoisotopic (exact) mass is 409 g/mol. The van der Waals surface area contributed by atoms with E-state index in [0.29, 0.717) is 37.3 Å². The minimum Gasteiger partial charge on any atom is -0.494 e. The van der Waals surface area contributed by atoms with Crippen molar-refractivity contribution in [3.63, 3.8) is 0 Å². The molecule has 0 saturated carbocycles. The minimum atomic E-state index is 0.241. The lowest BCUT2D eigenvalue weighted by molar-refractivity contribution is -0.131. The summed E-state index contributed by atoms with van der Waals surface area (Å²) < 4.78 is 7.21. The number of aromatic nitrogens is 5. The Hall–Kier alpha value is -3.23. The van der Waals surface area contributed by atoms with Crippen LogP contribution in [-0.4, -0.2) is 68.6 Å². The SMILES string of the molecule is CCCCC(=O)N1CCN(c2ncnc3c2nnn3-c2ccc(OCC)cc2)CC1. The molecule has 0 atom stereocenters. The van der Waals surface area contributed by atoms with E-state index < -0.39 is 0 Å². The Morgan fingerprint density at radius 1 is 1.07 bits per heavy atom. The van der Waals surface area contributed by atoms with Crippen molar-refractivity contribution in [1.82, 2.24) is 29.9 Å². The number of benzene rings is 1. The van der Waals surface area contributed by atoms with E-state index in [0.717, 1.165) is 43.2 Å². The molecule has 0 aliphatic carbocycles. The summed E-state index contributed by atoms with van der Waals surface area (Å²) in [5.74, 6) is 1.82. The van der Waals surface area contributed by atoms with E-state index in [9.17, 15) is 4.79 Å². The van der Waals surface area contributed by atoms with Crippen LogP contribution in [0.1, 0.15) is 33.1 Å². The van der Waals surface area contributed by atoms with Crippen molar-refractivity contribution >= 4 is 22.9 Å². The summed E-state index contributed by atoms with van der Waals surface area (Å²) in [4.78, 5) is 25.3. The molecule has 1 aliphatic rings. The maximum absolute atomic E-state index is 12.3. The molecule has 0 N–H and O–H groups in total. The molecule has 2 aromatic heterocycles. The number of ether oxygens (including phenoxy) is 1. The number of hydrogen-bond donors (Lipinski definition) is 0. The fourth-order valence-corrected chi connectivity index (χ4v) is 3.65. The van der Waals surface area contributed by atoms with E-state index in [-0.39, 0.29) is 5.91 Å². The zero-order valence-corrected chi connectivity index (χ0v) is 17.5. The number of rotatable bonds is 7. The second-order valence-corrected chi connectivity index (χ2v) is 7.27. The molecule has 4 rings (SSSR count). The van der Waals surface area contributed by atoms with Crippen LogP contribution in [0.4, 0.5) is 5.82 Å². The third-order valence-electron chi connectivity index (χ3n) is 5.29. The molecule has 30 heavy (non-hydrogen) atoms. The Bertz CT molecular complexity index is 994. The molecule has 1 fully saturated rings. The van der Waals surface area contributed by atoms with Gasteiger partial charge in [-0.15, -0.1) is 5.10 Å². The van der Waals surface area contributed by atoms with Gasteiger partial charge in [0, 0.05) is 32.6 Å². The lowest BCUT2D eigenvalue weighted by Crippen LogP contribution is -2.49. The summed E-state index contributed by atoms with van der Waals surface area (Å²) in [6.07, 6.45) is 4.16. The Morgan fingerprint density at radius 3 is 2.53 bits per heavy atom. The van der Waals surface area contributed by atoms with Crippen molar-refractivity contribution in [3.8, 4) is 11.4 Å². The van der Waals surface area contributed by atoms with Crippen LogP contribution >= 0.6 is 0 Å². The highest BCUT2D eigenvalue weighted by atomic mass is 16.5. The molecule has 0 spiro atoms. The van der Waals surface area contributed by atoms with Gasteiger partial charge in [-0.2, -0.15) is 4.68 Å². The van der Waals surface area contributed by atoms with Gasteiger partial charge >= 0.3 is 0 Å². The Labute approximate surface area is 175 Å². The van der Waals surface area contributed by atoms with Crippen molar-refractivity contribution in [2.45, 2.75) is 33.1 Å². The standard InChI is InChI=1S/C21H27N7O2/c1-3-5-6-18(29)26-11-13-27(14-12-26)20-19-21(23-15-22-20)28(25-24-19)16-7-9-17(10-8-16)30-4-2/h7-10,15H,3-6,11-14H2,1-2H3. The van der Waals surface area contributed by atoms with Gasteiger partial charge in [0.2, 0.25) is 5.91 Å². The van der Waals surface area contributed by atoms with Gasteiger partial charge < -0.3 is 14.5 Å². The Kier molecular flexibility index (Phi) is 6.06. The van der Waals surface area contributed by atoms with Gasteiger partial charge in [0.25, 0.3) is 0 Å². The maximum Gasteiger partial charge on any atom is 0.222 e. The second kappa shape index (κ2) is 9.06. The molecule has 158 valence electrons. The van der Waals surface area contributed by atoms with Gasteiger partial charge in [-0.25, -0.2) is 9.97 Å². The van der Waals surface area contributed by atoms with E-state index in [1.807, 2.05) is 36.1 Å². The summed E-state index contributed by atoms with van der Waals surface area (Å²) in [5, 5.41) is 8.66. The third kappa shape index (κ3) is 4.05. The lowest BCUT2D eigenvalue weighted by atomic mass is 10.2. The molecule has 1 amide bonds. The number of piperazine rings is 1. The van der Waals surface area contributed by atoms with Gasteiger partial charge in [0.05, 0.1) is 12.3 Å². The van der Waals surface area contributed by atoms with Crippen molar-refractivity contribution in [2.24, 2.45) is 0 Å². The highest BCUT2D eigenvalue weighted by Gasteiger charge is 2.24. The average Bonchev–Trinajstić information content (AvgIpc) is 3.23. The predicted octanol–water partition coefficient (Wildman–Crippen LogP) is 2.45. The molecule has 1 saturated heterocycles. The smallest absolute Gasteiger partial charge is 0.222 e. The quantitative estimate of drug-likeness (QED) is 0.592. The fraction of sp³-hybridized carbons (Fsp3) is 0.476. The van der Waals surface area contributed by atoms with Gasteiger partial charge in [-0.05, 0) is 37.6 Å². The molecule has 0 radical (unpaired) electrons. The molecule has 1 aromatic carbocycles. The van der Waals surface area contributed by atoms with Crippen molar-refractivity contribution in [2.75, 3.05) is 37.7 Å². The number of carbonyl (C=O) groups is 1. The largest absolute Gasteiger partial charge is 0.494 e. The first kappa shape index (κ1) is 20.1. The number of nitrogens with zero attached hydrogens (tertiary/aromatic N) is 7. The molecule has 9 nitrogen and oxygen atoms in total. The van der Waals surface area contributed by atoms with E-state index in [1.54, 1.807) is 11.0 Å². The van der Waals surface area contributed by atoms with Gasteiger partial charge in [0.1, 0.15) is 12.1 Å². The first-order valence-electron chi connectivity index (χ1n) is 10.5. The number of fused-ring (bicyclic) bond motifs is 1.